The number of fused-ring (bicyclic) bond motifs is 1. The third-order valence-electron chi connectivity index (χ3n) is 2.33. The maximum atomic E-state index is 5.61. The van der Waals surface area contributed by atoms with E-state index >= 15 is 0 Å². The van der Waals surface area contributed by atoms with Gasteiger partial charge in [-0.15, -0.1) is 0 Å². The standard InChI is InChI=1S/C11H5I3N2O/c12-6-1-4-9-15-10(11(14)16(9)5-6)7-2-3-8(13)17-7/h1-5H. The molecule has 3 aromatic rings. The molecule has 86 valence electrons. The molecule has 3 heterocycles. The maximum absolute atomic E-state index is 5.61. The molecule has 0 bridgehead atoms. The Labute approximate surface area is 138 Å². The summed E-state index contributed by atoms with van der Waals surface area (Å²) in [6.45, 7) is 0. The van der Waals surface area contributed by atoms with Crippen molar-refractivity contribution in [1.29, 1.82) is 0 Å². The average Bonchev–Trinajstić information content (AvgIpc) is 2.84. The van der Waals surface area contributed by atoms with Gasteiger partial charge in [0, 0.05) is 9.77 Å². The van der Waals surface area contributed by atoms with E-state index in [0.29, 0.717) is 0 Å². The predicted octanol–water partition coefficient (Wildman–Crippen LogP) is 4.41. The molecule has 0 N–H and O–H groups in total. The molecule has 3 rings (SSSR count). The van der Waals surface area contributed by atoms with E-state index in [-0.39, 0.29) is 0 Å². The normalized spacial score (nSPS) is 11.2. The summed E-state index contributed by atoms with van der Waals surface area (Å²) in [5, 5.41) is 0. The lowest BCUT2D eigenvalue weighted by Crippen LogP contribution is -1.87. The van der Waals surface area contributed by atoms with Gasteiger partial charge in [0.2, 0.25) is 0 Å². The van der Waals surface area contributed by atoms with Crippen molar-refractivity contribution < 1.29 is 4.42 Å². The third-order valence-corrected chi connectivity index (χ3v) is 4.58. The summed E-state index contributed by atoms with van der Waals surface area (Å²) in [6.07, 6.45) is 2.07. The summed E-state index contributed by atoms with van der Waals surface area (Å²) in [7, 11) is 0. The lowest BCUT2D eigenvalue weighted by molar-refractivity contribution is 0.550. The topological polar surface area (TPSA) is 30.4 Å². The quantitative estimate of drug-likeness (QED) is 0.412. The van der Waals surface area contributed by atoms with E-state index in [1.165, 1.54) is 3.57 Å². The molecule has 6 heteroatoms. The molecule has 0 fully saturated rings. The monoisotopic (exact) mass is 562 g/mol. The zero-order chi connectivity index (χ0) is 12.0. The van der Waals surface area contributed by atoms with E-state index in [1.54, 1.807) is 0 Å². The second kappa shape index (κ2) is 4.68. The first-order valence-corrected chi connectivity index (χ1v) is 7.97. The number of rotatable bonds is 1. The summed E-state index contributed by atoms with van der Waals surface area (Å²) in [5.74, 6) is 0.817. The van der Waals surface area contributed by atoms with Gasteiger partial charge in [-0.1, -0.05) is 0 Å². The first-order valence-electron chi connectivity index (χ1n) is 4.74. The summed E-state index contributed by atoms with van der Waals surface area (Å²) in [6, 6.07) is 7.96. The summed E-state index contributed by atoms with van der Waals surface area (Å²) in [5.41, 5.74) is 1.84. The highest BCUT2D eigenvalue weighted by molar-refractivity contribution is 14.1. The second-order valence-electron chi connectivity index (χ2n) is 3.43. The van der Waals surface area contributed by atoms with Crippen LogP contribution in [0.4, 0.5) is 0 Å². The predicted molar refractivity (Wildman–Crippen MR) is 91.0 cm³/mol. The first kappa shape index (κ1) is 12.2. The Hall–Kier alpha value is 0.160. The lowest BCUT2D eigenvalue weighted by Gasteiger charge is -1.95. The van der Waals surface area contributed by atoms with E-state index in [0.717, 1.165) is 24.6 Å². The molecule has 0 unspecified atom stereocenters. The van der Waals surface area contributed by atoms with Crippen LogP contribution in [0.3, 0.4) is 0 Å². The molecule has 0 atom stereocenters. The van der Waals surface area contributed by atoms with Crippen molar-refractivity contribution in [1.82, 2.24) is 9.38 Å². The number of nitrogens with zero attached hydrogens (tertiary/aromatic N) is 2. The molecule has 3 aromatic heterocycles. The van der Waals surface area contributed by atoms with E-state index in [1.807, 2.05) is 18.2 Å². The van der Waals surface area contributed by atoms with Crippen LogP contribution < -0.4 is 0 Å². The van der Waals surface area contributed by atoms with Crippen molar-refractivity contribution in [3.05, 3.63) is 41.5 Å². The van der Waals surface area contributed by atoms with Gasteiger partial charge in [0.05, 0.1) is 0 Å². The number of furan rings is 1. The van der Waals surface area contributed by atoms with Crippen molar-refractivity contribution >= 4 is 73.4 Å². The number of pyridine rings is 1. The van der Waals surface area contributed by atoms with E-state index in [4.69, 9.17) is 4.42 Å². The fourth-order valence-corrected chi connectivity index (χ4v) is 3.24. The molecule has 0 aliphatic heterocycles. The van der Waals surface area contributed by atoms with Crippen LogP contribution >= 0.6 is 67.8 Å². The summed E-state index contributed by atoms with van der Waals surface area (Å²) in [4.78, 5) is 4.59. The van der Waals surface area contributed by atoms with Gasteiger partial charge in [-0.2, -0.15) is 0 Å². The van der Waals surface area contributed by atoms with Gasteiger partial charge in [-0.25, -0.2) is 4.98 Å². The molecule has 0 saturated heterocycles. The molecule has 0 amide bonds. The number of halogens is 3. The number of hydrogen-bond acceptors (Lipinski definition) is 2. The molecule has 0 saturated carbocycles. The van der Waals surface area contributed by atoms with Gasteiger partial charge < -0.3 is 4.42 Å². The minimum atomic E-state index is 0.817. The van der Waals surface area contributed by atoms with Gasteiger partial charge in [0.15, 0.2) is 9.53 Å². The third kappa shape index (κ3) is 2.23. The van der Waals surface area contributed by atoms with Gasteiger partial charge >= 0.3 is 0 Å². The molecule has 0 aromatic carbocycles. The van der Waals surface area contributed by atoms with Crippen LogP contribution in [0.15, 0.2) is 34.9 Å². The van der Waals surface area contributed by atoms with Crippen LogP contribution in [0.2, 0.25) is 0 Å². The molecule has 0 radical (unpaired) electrons. The molecule has 3 nitrogen and oxygen atoms in total. The smallest absolute Gasteiger partial charge is 0.164 e. The van der Waals surface area contributed by atoms with Gasteiger partial charge in [-0.05, 0) is 92.0 Å². The Morgan fingerprint density at radius 2 is 1.88 bits per heavy atom. The first-order chi connectivity index (χ1) is 8.15. The molecular weight excluding hydrogens is 557 g/mol. The lowest BCUT2D eigenvalue weighted by atomic mass is 10.4. The van der Waals surface area contributed by atoms with Crippen LogP contribution in [-0.4, -0.2) is 9.38 Å². The number of aromatic nitrogens is 2. The highest BCUT2D eigenvalue weighted by Gasteiger charge is 2.14. The largest absolute Gasteiger partial charge is 0.449 e. The van der Waals surface area contributed by atoms with E-state index in [2.05, 4.69) is 89.4 Å². The van der Waals surface area contributed by atoms with Crippen molar-refractivity contribution in [3.63, 3.8) is 0 Å². The summed E-state index contributed by atoms with van der Waals surface area (Å²) >= 11 is 6.75. The zero-order valence-corrected chi connectivity index (χ0v) is 14.8. The van der Waals surface area contributed by atoms with Crippen LogP contribution in [-0.2, 0) is 0 Å². The molecule has 0 spiro atoms. The van der Waals surface area contributed by atoms with Crippen molar-refractivity contribution in [2.75, 3.05) is 0 Å². The molecular formula is C11H5I3N2O. The van der Waals surface area contributed by atoms with Crippen molar-refractivity contribution in [2.45, 2.75) is 0 Å². The SMILES string of the molecule is Ic1ccc2nc(-c3ccc(I)o3)c(I)n2c1. The van der Waals surface area contributed by atoms with Crippen molar-refractivity contribution in [3.8, 4) is 11.5 Å². The Morgan fingerprint density at radius 1 is 1.06 bits per heavy atom. The van der Waals surface area contributed by atoms with Crippen LogP contribution in [0.25, 0.3) is 17.1 Å². The summed E-state index contributed by atoms with van der Waals surface area (Å²) < 4.78 is 10.8. The molecule has 17 heavy (non-hydrogen) atoms. The Morgan fingerprint density at radius 3 is 2.59 bits per heavy atom. The van der Waals surface area contributed by atoms with Crippen LogP contribution in [0.5, 0.6) is 0 Å². The fourth-order valence-electron chi connectivity index (χ4n) is 1.59. The van der Waals surface area contributed by atoms with Crippen molar-refractivity contribution in [2.24, 2.45) is 0 Å². The van der Waals surface area contributed by atoms with Gasteiger partial charge in [0.1, 0.15) is 15.0 Å². The Balaban J connectivity index is 2.27. The minimum Gasteiger partial charge on any atom is -0.449 e. The zero-order valence-electron chi connectivity index (χ0n) is 8.32. The highest BCUT2D eigenvalue weighted by atomic mass is 127. The van der Waals surface area contributed by atoms with E-state index in [9.17, 15) is 0 Å². The van der Waals surface area contributed by atoms with E-state index < -0.39 is 0 Å². The van der Waals surface area contributed by atoms with Crippen LogP contribution in [0, 0.1) is 11.0 Å². The average molecular weight is 562 g/mol. The fraction of sp³-hybridized carbons (Fsp3) is 0. The molecule has 0 aliphatic carbocycles. The number of hydrogen-bond donors (Lipinski definition) is 0. The van der Waals surface area contributed by atoms with Crippen LogP contribution in [0.1, 0.15) is 0 Å². The maximum Gasteiger partial charge on any atom is 0.164 e. The van der Waals surface area contributed by atoms with Gasteiger partial charge in [-0.3, -0.25) is 4.40 Å². The second-order valence-corrected chi connectivity index (χ2v) is 6.76. The molecule has 0 aliphatic rings. The Kier molecular flexibility index (Phi) is 3.36. The number of imidazole rings is 1. The minimum absolute atomic E-state index is 0.817. The highest BCUT2D eigenvalue weighted by Crippen LogP contribution is 2.28. The Bertz CT molecular complexity index is 702. The van der Waals surface area contributed by atoms with Gasteiger partial charge in [0.25, 0.3) is 0 Å².